The van der Waals surface area contributed by atoms with E-state index >= 15 is 0 Å². The summed E-state index contributed by atoms with van der Waals surface area (Å²) in [6.07, 6.45) is 1.44. The Labute approximate surface area is 192 Å². The first kappa shape index (κ1) is 21.9. The van der Waals surface area contributed by atoms with Crippen LogP contribution in [-0.4, -0.2) is 28.5 Å². The lowest BCUT2D eigenvalue weighted by Crippen LogP contribution is -2.36. The number of nitrogens with zero attached hydrogens (tertiary/aromatic N) is 1. The first-order chi connectivity index (χ1) is 15.3. The van der Waals surface area contributed by atoms with Crippen molar-refractivity contribution in [3.05, 3.63) is 81.7 Å². The van der Waals surface area contributed by atoms with E-state index in [-0.39, 0.29) is 10.7 Å². The molecule has 6 nitrogen and oxygen atoms in total. The first-order valence-corrected chi connectivity index (χ1v) is 10.7. The number of anilines is 1. The van der Waals surface area contributed by atoms with Gasteiger partial charge in [0.05, 0.1) is 4.91 Å². The van der Waals surface area contributed by atoms with Gasteiger partial charge in [0.1, 0.15) is 23.9 Å². The number of hydrogen-bond acceptors (Lipinski definition) is 5. The van der Waals surface area contributed by atoms with Gasteiger partial charge in [-0.25, -0.2) is 4.39 Å². The van der Waals surface area contributed by atoms with Gasteiger partial charge in [-0.15, -0.1) is 0 Å². The maximum Gasteiger partial charge on any atom is 0.294 e. The van der Waals surface area contributed by atoms with Crippen molar-refractivity contribution in [2.75, 3.05) is 11.9 Å². The molecule has 2 aromatic carbocycles. The average molecular weight is 471 g/mol. The minimum absolute atomic E-state index is 0.140. The zero-order chi connectivity index (χ0) is 22.8. The first-order valence-electron chi connectivity index (χ1n) is 9.47. The molecule has 0 saturated carbocycles. The molecule has 0 bridgehead atoms. The molecule has 0 spiro atoms. The molecule has 9 heteroatoms. The van der Waals surface area contributed by atoms with Gasteiger partial charge >= 0.3 is 0 Å². The number of halogens is 2. The van der Waals surface area contributed by atoms with Crippen LogP contribution in [-0.2, 0) is 9.59 Å². The van der Waals surface area contributed by atoms with Crippen LogP contribution in [0.2, 0.25) is 5.02 Å². The van der Waals surface area contributed by atoms with Crippen LogP contribution in [0, 0.1) is 12.7 Å². The fraction of sp³-hybridized carbons (Fsp3) is 0.0870. The van der Waals surface area contributed by atoms with Gasteiger partial charge in [-0.05, 0) is 72.8 Å². The van der Waals surface area contributed by atoms with Crippen LogP contribution in [0.25, 0.3) is 17.4 Å². The second kappa shape index (κ2) is 9.02. The predicted molar refractivity (Wildman–Crippen MR) is 122 cm³/mol. The number of amides is 3. The van der Waals surface area contributed by atoms with Crippen molar-refractivity contribution >= 4 is 52.2 Å². The predicted octanol–water partition coefficient (Wildman–Crippen LogP) is 5.72. The zero-order valence-corrected chi connectivity index (χ0v) is 18.3. The average Bonchev–Trinajstić information content (AvgIpc) is 3.32. The van der Waals surface area contributed by atoms with E-state index in [0.717, 1.165) is 22.2 Å². The Morgan fingerprint density at radius 1 is 1.16 bits per heavy atom. The number of carbonyl (C=O) groups excluding carboxylic acids is 3. The molecule has 1 fully saturated rings. The molecule has 0 atom stereocenters. The number of carbonyl (C=O) groups is 3. The summed E-state index contributed by atoms with van der Waals surface area (Å²) in [5, 5.41) is 2.57. The molecule has 4 rings (SSSR count). The van der Waals surface area contributed by atoms with Gasteiger partial charge in [0.15, 0.2) is 0 Å². The smallest absolute Gasteiger partial charge is 0.294 e. The van der Waals surface area contributed by atoms with Gasteiger partial charge < -0.3 is 9.73 Å². The van der Waals surface area contributed by atoms with Crippen molar-refractivity contribution in [2.24, 2.45) is 0 Å². The Morgan fingerprint density at radius 2 is 1.91 bits per heavy atom. The second-order valence-electron chi connectivity index (χ2n) is 6.99. The minimum Gasteiger partial charge on any atom is -0.457 e. The largest absolute Gasteiger partial charge is 0.457 e. The van der Waals surface area contributed by atoms with E-state index in [1.54, 1.807) is 42.5 Å². The van der Waals surface area contributed by atoms with Gasteiger partial charge in [0, 0.05) is 22.3 Å². The molecule has 162 valence electrons. The highest BCUT2D eigenvalue weighted by atomic mass is 35.5. The molecule has 2 heterocycles. The van der Waals surface area contributed by atoms with E-state index in [4.69, 9.17) is 16.0 Å². The van der Waals surface area contributed by atoms with Crippen LogP contribution in [0.5, 0.6) is 0 Å². The Bertz CT molecular complexity index is 1250. The monoisotopic (exact) mass is 470 g/mol. The van der Waals surface area contributed by atoms with Crippen molar-refractivity contribution < 1.29 is 23.2 Å². The molecule has 32 heavy (non-hydrogen) atoms. The van der Waals surface area contributed by atoms with Crippen molar-refractivity contribution in [3.63, 3.8) is 0 Å². The van der Waals surface area contributed by atoms with Crippen molar-refractivity contribution in [3.8, 4) is 11.3 Å². The lowest BCUT2D eigenvalue weighted by molar-refractivity contribution is -0.127. The molecular formula is C23H16ClFN2O4S. The van der Waals surface area contributed by atoms with E-state index in [9.17, 15) is 18.8 Å². The fourth-order valence-corrected chi connectivity index (χ4v) is 3.98. The van der Waals surface area contributed by atoms with Gasteiger partial charge in [0.2, 0.25) is 5.91 Å². The normalized spacial score (nSPS) is 15.0. The molecule has 0 unspecified atom stereocenters. The quantitative estimate of drug-likeness (QED) is 0.482. The highest BCUT2D eigenvalue weighted by Gasteiger charge is 2.36. The molecule has 1 N–H and O–H groups in total. The molecule has 0 aliphatic carbocycles. The highest BCUT2D eigenvalue weighted by molar-refractivity contribution is 8.18. The third kappa shape index (κ3) is 4.76. The summed E-state index contributed by atoms with van der Waals surface area (Å²) in [6.45, 7) is 1.41. The zero-order valence-electron chi connectivity index (χ0n) is 16.7. The summed E-state index contributed by atoms with van der Waals surface area (Å²) in [4.78, 5) is 38.3. The van der Waals surface area contributed by atoms with Gasteiger partial charge in [-0.3, -0.25) is 19.3 Å². The maximum absolute atomic E-state index is 13.1. The molecule has 3 aromatic rings. The Morgan fingerprint density at radius 3 is 2.62 bits per heavy atom. The van der Waals surface area contributed by atoms with Crippen molar-refractivity contribution in [1.29, 1.82) is 0 Å². The standard InChI is InChI=1S/C23H16ClFN2O4S/c1-13-2-7-16(10-18(13)24)26-21(28)12-27-22(29)20(32-23(27)30)11-17-8-9-19(31-17)14-3-5-15(25)6-4-14/h2-11H,12H2,1H3,(H,26,28)/b20-11-. The Hall–Kier alpha value is -3.36. The van der Waals surface area contributed by atoms with Crippen molar-refractivity contribution in [2.45, 2.75) is 6.92 Å². The van der Waals surface area contributed by atoms with Gasteiger partial charge in [0.25, 0.3) is 11.1 Å². The van der Waals surface area contributed by atoms with Crippen LogP contribution in [0.3, 0.4) is 0 Å². The highest BCUT2D eigenvalue weighted by Crippen LogP contribution is 2.33. The molecule has 0 radical (unpaired) electrons. The summed E-state index contributed by atoms with van der Waals surface area (Å²) in [6, 6.07) is 14.1. The van der Waals surface area contributed by atoms with Crippen LogP contribution < -0.4 is 5.32 Å². The van der Waals surface area contributed by atoms with E-state index < -0.39 is 23.6 Å². The lowest BCUT2D eigenvalue weighted by atomic mass is 10.2. The van der Waals surface area contributed by atoms with Crippen LogP contribution in [0.1, 0.15) is 11.3 Å². The number of rotatable bonds is 5. The van der Waals surface area contributed by atoms with E-state index in [1.165, 1.54) is 18.2 Å². The molecule has 3 amide bonds. The summed E-state index contributed by atoms with van der Waals surface area (Å²) >= 11 is 6.78. The number of hydrogen-bond donors (Lipinski definition) is 1. The second-order valence-corrected chi connectivity index (χ2v) is 8.39. The van der Waals surface area contributed by atoms with E-state index in [1.807, 2.05) is 6.92 Å². The number of benzene rings is 2. The van der Waals surface area contributed by atoms with Crippen molar-refractivity contribution in [1.82, 2.24) is 4.90 Å². The third-order valence-corrected chi connectivity index (χ3v) is 5.97. The molecule has 1 aromatic heterocycles. The topological polar surface area (TPSA) is 79.6 Å². The van der Waals surface area contributed by atoms with Crippen LogP contribution in [0.15, 0.2) is 63.9 Å². The van der Waals surface area contributed by atoms with Gasteiger partial charge in [-0.2, -0.15) is 0 Å². The Balaban J connectivity index is 1.44. The maximum atomic E-state index is 13.1. The molecule has 1 aliphatic rings. The number of nitrogens with one attached hydrogen (secondary N) is 1. The number of imide groups is 1. The van der Waals surface area contributed by atoms with Gasteiger partial charge in [-0.1, -0.05) is 17.7 Å². The molecule has 1 aliphatic heterocycles. The number of aryl methyl sites for hydroxylation is 1. The summed E-state index contributed by atoms with van der Waals surface area (Å²) in [5.41, 5.74) is 2.00. The molecular weight excluding hydrogens is 455 g/mol. The summed E-state index contributed by atoms with van der Waals surface area (Å²) < 4.78 is 18.8. The molecule has 1 saturated heterocycles. The van der Waals surface area contributed by atoms with E-state index in [0.29, 0.717) is 27.8 Å². The fourth-order valence-electron chi connectivity index (χ4n) is 2.98. The lowest BCUT2D eigenvalue weighted by Gasteiger charge is -2.12. The minimum atomic E-state index is -0.586. The third-order valence-electron chi connectivity index (χ3n) is 4.66. The number of furan rings is 1. The van der Waals surface area contributed by atoms with Crippen LogP contribution >= 0.6 is 23.4 Å². The SMILES string of the molecule is Cc1ccc(NC(=O)CN2C(=O)S/C(=C\c3ccc(-c4ccc(F)cc4)o3)C2=O)cc1Cl. The van der Waals surface area contributed by atoms with Crippen LogP contribution in [0.4, 0.5) is 14.9 Å². The summed E-state index contributed by atoms with van der Waals surface area (Å²) in [7, 11) is 0. The van der Waals surface area contributed by atoms with E-state index in [2.05, 4.69) is 5.32 Å². The number of thioether (sulfide) groups is 1. The Kier molecular flexibility index (Phi) is 6.16. The summed E-state index contributed by atoms with van der Waals surface area (Å²) in [5.74, 6) is -0.620.